The minimum absolute atomic E-state index is 0.0417. The number of aliphatic hydroxyl groups excluding tert-OH is 1. The summed E-state index contributed by atoms with van der Waals surface area (Å²) in [6.07, 6.45) is 2.48. The van der Waals surface area contributed by atoms with Gasteiger partial charge in [-0.2, -0.15) is 10.1 Å². The average Bonchev–Trinajstić information content (AvgIpc) is 3.07. The van der Waals surface area contributed by atoms with Crippen molar-refractivity contribution < 1.29 is 18.7 Å². The molecule has 3 N–H and O–H groups in total. The summed E-state index contributed by atoms with van der Waals surface area (Å²) < 4.78 is 27.6. The van der Waals surface area contributed by atoms with Crippen molar-refractivity contribution in [3.05, 3.63) is 23.7 Å². The third kappa shape index (κ3) is 3.93. The molecular weight excluding hydrogens is 396 g/mol. The van der Waals surface area contributed by atoms with Crippen molar-refractivity contribution in [3.63, 3.8) is 0 Å². The Morgan fingerprint density at radius 2 is 2.13 bits per heavy atom. The molecule has 1 saturated carbocycles. The lowest BCUT2D eigenvalue weighted by Gasteiger charge is -2.36. The van der Waals surface area contributed by atoms with E-state index in [1.165, 1.54) is 0 Å². The third-order valence-electron chi connectivity index (χ3n) is 5.55. The van der Waals surface area contributed by atoms with Gasteiger partial charge in [0.2, 0.25) is 17.8 Å². The molecule has 2 aromatic rings. The molecule has 1 aliphatic carbocycles. The third-order valence-corrected chi connectivity index (χ3v) is 5.55. The van der Waals surface area contributed by atoms with E-state index in [1.807, 2.05) is 6.20 Å². The molecular formula is C19H25F2N7O2. The molecule has 3 heterocycles. The number of nitrogens with zero attached hydrogens (tertiary/aromatic N) is 5. The van der Waals surface area contributed by atoms with Gasteiger partial charge in [0.05, 0.1) is 18.0 Å². The highest BCUT2D eigenvalue weighted by Gasteiger charge is 2.45. The lowest BCUT2D eigenvalue weighted by Crippen LogP contribution is -2.52. The van der Waals surface area contributed by atoms with Crippen LogP contribution in [0.15, 0.2) is 12.4 Å². The number of hydrogen-bond acceptors (Lipinski definition) is 7. The number of aliphatic hydroxyl groups is 1. The fourth-order valence-electron chi connectivity index (χ4n) is 4.04. The molecule has 2 aromatic heterocycles. The van der Waals surface area contributed by atoms with Crippen LogP contribution in [0.4, 0.5) is 26.2 Å². The second-order valence-electron chi connectivity index (χ2n) is 8.17. The van der Waals surface area contributed by atoms with Crippen molar-refractivity contribution in [1.82, 2.24) is 19.7 Å². The van der Waals surface area contributed by atoms with Crippen molar-refractivity contribution in [3.8, 4) is 0 Å². The topological polar surface area (TPSA) is 108 Å². The van der Waals surface area contributed by atoms with Crippen LogP contribution in [0, 0.1) is 12.8 Å². The summed E-state index contributed by atoms with van der Waals surface area (Å²) in [5, 5.41) is 20.1. The highest BCUT2D eigenvalue weighted by Crippen LogP contribution is 2.43. The minimum Gasteiger partial charge on any atom is -0.391 e. The Morgan fingerprint density at radius 1 is 1.40 bits per heavy atom. The van der Waals surface area contributed by atoms with E-state index in [4.69, 9.17) is 0 Å². The summed E-state index contributed by atoms with van der Waals surface area (Å²) in [4.78, 5) is 22.8. The molecule has 0 bridgehead atoms. The number of alkyl halides is 2. The maximum atomic E-state index is 13.0. The Hall–Kier alpha value is -2.82. The summed E-state index contributed by atoms with van der Waals surface area (Å²) >= 11 is 0. The van der Waals surface area contributed by atoms with Crippen LogP contribution >= 0.6 is 0 Å². The van der Waals surface area contributed by atoms with E-state index < -0.39 is 18.1 Å². The zero-order valence-electron chi connectivity index (χ0n) is 17.1. The van der Waals surface area contributed by atoms with Gasteiger partial charge in [-0.25, -0.2) is 13.8 Å². The van der Waals surface area contributed by atoms with Gasteiger partial charge in [-0.05, 0) is 19.8 Å². The summed E-state index contributed by atoms with van der Waals surface area (Å²) in [5.74, 6) is -1.96. The van der Waals surface area contributed by atoms with Crippen molar-refractivity contribution in [2.45, 2.75) is 57.8 Å². The lowest BCUT2D eigenvalue weighted by molar-refractivity contribution is -0.119. The van der Waals surface area contributed by atoms with Crippen LogP contribution in [0.3, 0.4) is 0 Å². The molecule has 4 rings (SSSR count). The van der Waals surface area contributed by atoms with E-state index >= 15 is 0 Å². The maximum absolute atomic E-state index is 13.0. The molecule has 0 radical (unpaired) electrons. The molecule has 162 valence electrons. The van der Waals surface area contributed by atoms with E-state index in [0.29, 0.717) is 36.2 Å². The predicted molar refractivity (Wildman–Crippen MR) is 106 cm³/mol. The van der Waals surface area contributed by atoms with Crippen LogP contribution in [-0.2, 0) is 17.9 Å². The quantitative estimate of drug-likeness (QED) is 0.652. The Bertz CT molecular complexity index is 954. The van der Waals surface area contributed by atoms with Gasteiger partial charge in [0.1, 0.15) is 11.7 Å². The minimum atomic E-state index is -2.52. The first-order chi connectivity index (χ1) is 14.1. The summed E-state index contributed by atoms with van der Waals surface area (Å²) in [7, 11) is 1.71. The molecule has 0 saturated heterocycles. The molecule has 11 heteroatoms. The van der Waals surface area contributed by atoms with E-state index in [-0.39, 0.29) is 24.7 Å². The number of nitrogens with one attached hydrogen (secondary N) is 2. The first-order valence-corrected chi connectivity index (χ1v) is 9.86. The number of amides is 1. The first-order valence-electron chi connectivity index (χ1n) is 9.86. The molecule has 1 amide bonds. The molecule has 30 heavy (non-hydrogen) atoms. The van der Waals surface area contributed by atoms with Crippen LogP contribution in [0.2, 0.25) is 0 Å². The normalized spacial score (nSPS) is 21.6. The van der Waals surface area contributed by atoms with Crippen molar-refractivity contribution in [1.29, 1.82) is 0 Å². The van der Waals surface area contributed by atoms with Crippen LogP contribution in [0.25, 0.3) is 0 Å². The zero-order valence-corrected chi connectivity index (χ0v) is 17.1. The fourth-order valence-corrected chi connectivity index (χ4v) is 4.04. The van der Waals surface area contributed by atoms with Crippen LogP contribution in [0.1, 0.15) is 31.0 Å². The van der Waals surface area contributed by atoms with Gasteiger partial charge in [0.25, 0.3) is 0 Å². The zero-order chi connectivity index (χ0) is 21.6. The van der Waals surface area contributed by atoms with Crippen molar-refractivity contribution >= 4 is 23.4 Å². The van der Waals surface area contributed by atoms with Crippen molar-refractivity contribution in [2.75, 3.05) is 22.6 Å². The van der Waals surface area contributed by atoms with Gasteiger partial charge in [-0.3, -0.25) is 9.48 Å². The number of fused-ring (bicyclic) bond motifs is 1. The predicted octanol–water partition coefficient (Wildman–Crippen LogP) is 1.78. The molecule has 0 spiro atoms. The summed E-state index contributed by atoms with van der Waals surface area (Å²) in [6.45, 7) is 4.22. The van der Waals surface area contributed by atoms with Crippen LogP contribution in [0.5, 0.6) is 0 Å². The van der Waals surface area contributed by atoms with E-state index in [0.717, 1.165) is 5.56 Å². The SMILES string of the molecule is Cc1nc(NCc2cnn(CC3CC(F)(F)C3)c2)nc2c1NC(=O)[C@H]([C@@H](C)O)N2C. The Labute approximate surface area is 172 Å². The number of halogens is 2. The lowest BCUT2D eigenvalue weighted by atomic mass is 9.81. The molecule has 0 aromatic carbocycles. The van der Waals surface area contributed by atoms with E-state index in [2.05, 4.69) is 25.7 Å². The molecule has 1 fully saturated rings. The standard InChI is InChI=1S/C19H25F2N7O2/c1-10-14-16(27(3)15(11(2)29)17(30)25-14)26-18(24-10)22-6-13-7-23-28(9-13)8-12-4-19(20,21)5-12/h7,9,11-12,15,29H,4-6,8H2,1-3H3,(H,25,30)(H,22,24,26)/t11-,15+/m1/s1. The van der Waals surface area contributed by atoms with Gasteiger partial charge in [0.15, 0.2) is 5.82 Å². The van der Waals surface area contributed by atoms with Gasteiger partial charge < -0.3 is 20.6 Å². The first kappa shape index (κ1) is 20.5. The number of anilines is 3. The largest absolute Gasteiger partial charge is 0.391 e. The number of carbonyl (C=O) groups excluding carboxylic acids is 1. The maximum Gasteiger partial charge on any atom is 0.249 e. The Morgan fingerprint density at radius 3 is 2.80 bits per heavy atom. The Balaban J connectivity index is 1.43. The summed E-state index contributed by atoms with van der Waals surface area (Å²) in [5.41, 5.74) is 2.01. The summed E-state index contributed by atoms with van der Waals surface area (Å²) in [6, 6.07) is -0.739. The molecule has 1 aliphatic heterocycles. The number of rotatable bonds is 6. The van der Waals surface area contributed by atoms with E-state index in [1.54, 1.807) is 36.7 Å². The molecule has 2 atom stereocenters. The second-order valence-corrected chi connectivity index (χ2v) is 8.17. The highest BCUT2D eigenvalue weighted by molar-refractivity contribution is 6.03. The van der Waals surface area contributed by atoms with Crippen LogP contribution in [-0.4, -0.2) is 55.9 Å². The Kier molecular flexibility index (Phi) is 5.08. The number of likely N-dealkylation sites (N-methyl/N-ethyl adjacent to an activating group) is 1. The van der Waals surface area contributed by atoms with Gasteiger partial charge in [-0.15, -0.1) is 0 Å². The van der Waals surface area contributed by atoms with Gasteiger partial charge in [-0.1, -0.05) is 0 Å². The average molecular weight is 421 g/mol. The highest BCUT2D eigenvalue weighted by atomic mass is 19.3. The molecule has 0 unspecified atom stereocenters. The van der Waals surface area contributed by atoms with Gasteiger partial charge in [0, 0.05) is 44.7 Å². The number of hydrogen-bond donors (Lipinski definition) is 3. The van der Waals surface area contributed by atoms with Crippen LogP contribution < -0.4 is 15.5 Å². The molecule has 9 nitrogen and oxygen atoms in total. The fraction of sp³-hybridized carbons (Fsp3) is 0.579. The smallest absolute Gasteiger partial charge is 0.249 e. The number of aryl methyl sites for hydroxylation is 1. The van der Waals surface area contributed by atoms with Crippen molar-refractivity contribution in [2.24, 2.45) is 5.92 Å². The number of carbonyl (C=O) groups is 1. The van der Waals surface area contributed by atoms with Gasteiger partial charge >= 0.3 is 0 Å². The van der Waals surface area contributed by atoms with E-state index in [9.17, 15) is 18.7 Å². The second kappa shape index (κ2) is 7.46. The molecule has 2 aliphatic rings. The monoisotopic (exact) mass is 421 g/mol. The number of aromatic nitrogens is 4.